The van der Waals surface area contributed by atoms with Crippen molar-refractivity contribution in [2.75, 3.05) is 24.7 Å². The van der Waals surface area contributed by atoms with Crippen LogP contribution >= 0.6 is 0 Å². The standard InChI is InChI=1S/C14H15N3O2/c1-16(2)11-5-7-17(8-6-11)13-9-10(15)3-4-12(13)14(18)19/h3-9H,15H2,1-2H3/p+1. The van der Waals surface area contributed by atoms with Crippen molar-refractivity contribution in [2.45, 2.75) is 0 Å². The number of anilines is 2. The van der Waals surface area contributed by atoms with Crippen LogP contribution in [-0.4, -0.2) is 25.2 Å². The van der Waals surface area contributed by atoms with E-state index in [2.05, 4.69) is 0 Å². The second-order valence-corrected chi connectivity index (χ2v) is 4.44. The number of hydrogen-bond acceptors (Lipinski definition) is 3. The minimum Gasteiger partial charge on any atom is -0.477 e. The third-order valence-corrected chi connectivity index (χ3v) is 2.86. The molecule has 1 aromatic carbocycles. The molecule has 0 saturated carbocycles. The third kappa shape index (κ3) is 2.65. The average Bonchev–Trinajstić information content (AvgIpc) is 2.38. The highest BCUT2D eigenvalue weighted by Gasteiger charge is 2.18. The first-order chi connectivity index (χ1) is 8.99. The van der Waals surface area contributed by atoms with Crippen molar-refractivity contribution in [2.24, 2.45) is 0 Å². The van der Waals surface area contributed by atoms with Crippen molar-refractivity contribution in [3.05, 3.63) is 48.3 Å². The average molecular weight is 258 g/mol. The Kier molecular flexibility index (Phi) is 3.37. The Balaban J connectivity index is 2.51. The maximum Gasteiger partial charge on any atom is 0.342 e. The van der Waals surface area contributed by atoms with Crippen molar-refractivity contribution >= 4 is 17.3 Å². The van der Waals surface area contributed by atoms with Crippen LogP contribution < -0.4 is 15.2 Å². The normalized spacial score (nSPS) is 10.2. The van der Waals surface area contributed by atoms with E-state index in [0.717, 1.165) is 5.69 Å². The molecular weight excluding hydrogens is 242 g/mol. The summed E-state index contributed by atoms with van der Waals surface area (Å²) in [5.74, 6) is -0.973. The predicted molar refractivity (Wildman–Crippen MR) is 73.7 cm³/mol. The zero-order valence-corrected chi connectivity index (χ0v) is 10.9. The Labute approximate surface area is 111 Å². The summed E-state index contributed by atoms with van der Waals surface area (Å²) in [6, 6.07) is 8.57. The van der Waals surface area contributed by atoms with Crippen LogP contribution in [0.25, 0.3) is 5.69 Å². The molecule has 3 N–H and O–H groups in total. The molecule has 0 aliphatic heterocycles. The summed E-state index contributed by atoms with van der Waals surface area (Å²) in [6.45, 7) is 0. The topological polar surface area (TPSA) is 70.4 Å². The number of pyridine rings is 1. The Morgan fingerprint density at radius 2 is 1.84 bits per heavy atom. The molecule has 5 nitrogen and oxygen atoms in total. The predicted octanol–water partition coefficient (Wildman–Crippen LogP) is 1.31. The number of nitrogens with two attached hydrogens (primary N) is 1. The smallest absolute Gasteiger partial charge is 0.342 e. The molecule has 0 fully saturated rings. The van der Waals surface area contributed by atoms with Gasteiger partial charge in [-0.1, -0.05) is 0 Å². The van der Waals surface area contributed by atoms with E-state index in [4.69, 9.17) is 5.73 Å². The lowest BCUT2D eigenvalue weighted by Gasteiger charge is -2.10. The van der Waals surface area contributed by atoms with Gasteiger partial charge < -0.3 is 15.7 Å². The summed E-state index contributed by atoms with van der Waals surface area (Å²) >= 11 is 0. The molecule has 98 valence electrons. The molecule has 0 amide bonds. The molecule has 1 heterocycles. The van der Waals surface area contributed by atoms with Crippen LogP contribution in [0.1, 0.15) is 10.4 Å². The molecule has 2 rings (SSSR count). The first-order valence-electron chi connectivity index (χ1n) is 5.81. The maximum absolute atomic E-state index is 11.2. The van der Waals surface area contributed by atoms with Gasteiger partial charge in [0.2, 0.25) is 5.69 Å². The van der Waals surface area contributed by atoms with Crippen molar-refractivity contribution in [3.63, 3.8) is 0 Å². The number of aromatic nitrogens is 1. The number of carbonyl (C=O) groups is 1. The Bertz CT molecular complexity index is 607. The summed E-state index contributed by atoms with van der Waals surface area (Å²) in [5.41, 5.74) is 8.07. The van der Waals surface area contributed by atoms with Crippen LogP contribution in [0.5, 0.6) is 0 Å². The fraction of sp³-hybridized carbons (Fsp3) is 0.143. The van der Waals surface area contributed by atoms with Gasteiger partial charge in [0.05, 0.1) is 0 Å². The number of aromatic carboxylic acids is 1. The quantitative estimate of drug-likeness (QED) is 0.643. The van der Waals surface area contributed by atoms with Gasteiger partial charge in [0.15, 0.2) is 12.4 Å². The van der Waals surface area contributed by atoms with Gasteiger partial charge in [-0.05, 0) is 12.1 Å². The van der Waals surface area contributed by atoms with E-state index in [9.17, 15) is 9.90 Å². The number of carboxylic acid groups (broad SMARTS) is 1. The van der Waals surface area contributed by atoms with Crippen LogP contribution in [0.15, 0.2) is 42.7 Å². The number of nitrogen functional groups attached to an aromatic ring is 1. The van der Waals surface area contributed by atoms with E-state index in [1.807, 2.05) is 43.5 Å². The molecule has 0 aliphatic rings. The molecule has 2 aromatic rings. The second kappa shape index (κ2) is 4.97. The van der Waals surface area contributed by atoms with E-state index in [-0.39, 0.29) is 5.56 Å². The Hall–Kier alpha value is -2.56. The van der Waals surface area contributed by atoms with Gasteiger partial charge in [0.1, 0.15) is 5.56 Å². The van der Waals surface area contributed by atoms with E-state index < -0.39 is 5.97 Å². The largest absolute Gasteiger partial charge is 0.477 e. The molecule has 0 aliphatic carbocycles. The van der Waals surface area contributed by atoms with Crippen LogP contribution in [0.3, 0.4) is 0 Å². The second-order valence-electron chi connectivity index (χ2n) is 4.44. The van der Waals surface area contributed by atoms with Gasteiger partial charge in [-0.15, -0.1) is 0 Å². The Morgan fingerprint density at radius 1 is 1.21 bits per heavy atom. The van der Waals surface area contributed by atoms with Gasteiger partial charge in [-0.2, -0.15) is 4.57 Å². The fourth-order valence-electron chi connectivity index (χ4n) is 1.82. The first-order valence-corrected chi connectivity index (χ1v) is 5.81. The minimum absolute atomic E-state index is 0.219. The number of carboxylic acids is 1. The number of hydrogen-bond donors (Lipinski definition) is 2. The fourth-order valence-corrected chi connectivity index (χ4v) is 1.82. The van der Waals surface area contributed by atoms with Crippen LogP contribution in [-0.2, 0) is 0 Å². The van der Waals surface area contributed by atoms with Gasteiger partial charge in [-0.25, -0.2) is 4.79 Å². The monoisotopic (exact) mass is 258 g/mol. The summed E-state index contributed by atoms with van der Waals surface area (Å²) in [6.07, 6.45) is 3.63. The van der Waals surface area contributed by atoms with Crippen molar-refractivity contribution < 1.29 is 14.5 Å². The Morgan fingerprint density at radius 3 is 2.37 bits per heavy atom. The van der Waals surface area contributed by atoms with Crippen molar-refractivity contribution in [1.29, 1.82) is 0 Å². The molecule has 0 spiro atoms. The molecule has 19 heavy (non-hydrogen) atoms. The number of rotatable bonds is 3. The van der Waals surface area contributed by atoms with E-state index in [0.29, 0.717) is 11.4 Å². The molecule has 0 atom stereocenters. The summed E-state index contributed by atoms with van der Waals surface area (Å²) in [7, 11) is 3.89. The summed E-state index contributed by atoms with van der Waals surface area (Å²) < 4.78 is 1.74. The van der Waals surface area contributed by atoms with E-state index in [1.54, 1.807) is 16.7 Å². The first kappa shape index (κ1) is 12.9. The van der Waals surface area contributed by atoms with Gasteiger partial charge in [0, 0.05) is 43.7 Å². The molecule has 1 aromatic heterocycles. The highest BCUT2D eigenvalue weighted by molar-refractivity contribution is 5.91. The minimum atomic E-state index is -0.973. The highest BCUT2D eigenvalue weighted by Crippen LogP contribution is 2.15. The van der Waals surface area contributed by atoms with E-state index in [1.165, 1.54) is 6.07 Å². The molecular formula is C14H16N3O2+. The maximum atomic E-state index is 11.2. The van der Waals surface area contributed by atoms with Crippen LogP contribution in [0.2, 0.25) is 0 Å². The zero-order chi connectivity index (χ0) is 14.0. The third-order valence-electron chi connectivity index (χ3n) is 2.86. The zero-order valence-electron chi connectivity index (χ0n) is 10.9. The van der Waals surface area contributed by atoms with Crippen LogP contribution in [0.4, 0.5) is 11.4 Å². The molecule has 0 bridgehead atoms. The van der Waals surface area contributed by atoms with Crippen molar-refractivity contribution in [3.8, 4) is 5.69 Å². The lowest BCUT2D eigenvalue weighted by molar-refractivity contribution is -0.595. The summed E-state index contributed by atoms with van der Waals surface area (Å²) in [4.78, 5) is 13.2. The molecule has 0 unspecified atom stereocenters. The molecule has 0 saturated heterocycles. The lowest BCUT2D eigenvalue weighted by atomic mass is 10.1. The van der Waals surface area contributed by atoms with Crippen LogP contribution in [0, 0.1) is 0 Å². The van der Waals surface area contributed by atoms with Gasteiger partial charge in [0.25, 0.3) is 0 Å². The molecule has 5 heteroatoms. The van der Waals surface area contributed by atoms with Gasteiger partial charge >= 0.3 is 5.97 Å². The SMILES string of the molecule is CN(C)c1cc[n+](-c2cc(N)ccc2C(=O)O)cc1. The highest BCUT2D eigenvalue weighted by atomic mass is 16.4. The van der Waals surface area contributed by atoms with Gasteiger partial charge in [-0.3, -0.25) is 0 Å². The van der Waals surface area contributed by atoms with Crippen molar-refractivity contribution in [1.82, 2.24) is 0 Å². The lowest BCUT2D eigenvalue weighted by Crippen LogP contribution is -2.32. The van der Waals surface area contributed by atoms with E-state index >= 15 is 0 Å². The molecule has 0 radical (unpaired) electrons. The summed E-state index contributed by atoms with van der Waals surface area (Å²) in [5, 5.41) is 9.20. The number of benzene rings is 1. The number of nitrogens with zero attached hydrogens (tertiary/aromatic N) is 2.